The Morgan fingerprint density at radius 1 is 1.27 bits per heavy atom. The van der Waals surface area contributed by atoms with E-state index in [2.05, 4.69) is 10.6 Å². The van der Waals surface area contributed by atoms with Crippen molar-refractivity contribution < 1.29 is 24.5 Å². The number of nitro groups is 2. The molecule has 0 aliphatic rings. The topological polar surface area (TPSA) is 165 Å². The van der Waals surface area contributed by atoms with E-state index in [1.165, 1.54) is 6.92 Å². The summed E-state index contributed by atoms with van der Waals surface area (Å²) >= 11 is 0. The fraction of sp³-hybridized carbons (Fsp3) is 0.273. The molecule has 0 aliphatic heterocycles. The van der Waals surface area contributed by atoms with E-state index in [1.54, 1.807) is 0 Å². The molecule has 0 fully saturated rings. The van der Waals surface area contributed by atoms with Crippen molar-refractivity contribution in [3.63, 3.8) is 0 Å². The normalized spacial score (nSPS) is 11.3. The van der Waals surface area contributed by atoms with Gasteiger partial charge in [-0.05, 0) is 13.0 Å². The third-order valence-corrected chi connectivity index (χ3v) is 2.58. The van der Waals surface area contributed by atoms with E-state index in [4.69, 9.17) is 5.11 Å². The molecule has 3 N–H and O–H groups in total. The molecular formula is C11H12N4O7. The van der Waals surface area contributed by atoms with Gasteiger partial charge in [0, 0.05) is 6.07 Å². The van der Waals surface area contributed by atoms with Gasteiger partial charge in [0.05, 0.1) is 22.5 Å². The van der Waals surface area contributed by atoms with Crippen LogP contribution in [0.1, 0.15) is 6.92 Å². The van der Waals surface area contributed by atoms with Crippen molar-refractivity contribution in [2.75, 3.05) is 11.9 Å². The highest BCUT2D eigenvalue weighted by atomic mass is 16.6. The standard InChI is InChI=1S/C11H12N4O7/c1-6(11(17)18)13-10(16)5-12-8-3-2-7(14(19)20)4-9(8)15(21)22/h2-4,6,12H,5H2,1H3,(H,13,16)(H,17,18)/t6-/m0/s1. The predicted octanol–water partition coefficient (Wildman–Crippen LogP) is 0.504. The molecule has 11 heteroatoms. The summed E-state index contributed by atoms with van der Waals surface area (Å²) in [6.07, 6.45) is 0. The molecule has 0 saturated carbocycles. The van der Waals surface area contributed by atoms with Crippen LogP contribution < -0.4 is 10.6 Å². The zero-order valence-corrected chi connectivity index (χ0v) is 11.3. The number of nitrogens with one attached hydrogen (secondary N) is 2. The van der Waals surface area contributed by atoms with Crippen molar-refractivity contribution in [2.24, 2.45) is 0 Å². The van der Waals surface area contributed by atoms with Gasteiger partial charge in [0.25, 0.3) is 11.4 Å². The Bertz CT molecular complexity index is 631. The average Bonchev–Trinajstić information content (AvgIpc) is 2.44. The van der Waals surface area contributed by atoms with Crippen LogP contribution in [0.15, 0.2) is 18.2 Å². The maximum Gasteiger partial charge on any atom is 0.325 e. The Kier molecular flexibility index (Phi) is 5.32. The summed E-state index contributed by atoms with van der Waals surface area (Å²) in [4.78, 5) is 41.9. The molecule has 0 saturated heterocycles. The summed E-state index contributed by atoms with van der Waals surface area (Å²) in [7, 11) is 0. The van der Waals surface area contributed by atoms with Gasteiger partial charge in [0.1, 0.15) is 11.7 Å². The number of hydrogen-bond donors (Lipinski definition) is 3. The van der Waals surface area contributed by atoms with Gasteiger partial charge in [-0.25, -0.2) is 0 Å². The molecule has 22 heavy (non-hydrogen) atoms. The monoisotopic (exact) mass is 312 g/mol. The van der Waals surface area contributed by atoms with Crippen molar-refractivity contribution in [1.29, 1.82) is 0 Å². The van der Waals surface area contributed by atoms with Crippen molar-refractivity contribution in [3.05, 3.63) is 38.4 Å². The van der Waals surface area contributed by atoms with Crippen molar-refractivity contribution >= 4 is 28.9 Å². The van der Waals surface area contributed by atoms with Gasteiger partial charge in [-0.3, -0.25) is 29.8 Å². The molecule has 118 valence electrons. The molecule has 1 amide bonds. The number of carboxylic acid groups (broad SMARTS) is 1. The minimum absolute atomic E-state index is 0.0891. The van der Waals surface area contributed by atoms with Crippen LogP contribution in [0.5, 0.6) is 0 Å². The number of carbonyl (C=O) groups is 2. The van der Waals surface area contributed by atoms with E-state index in [1.807, 2.05) is 0 Å². The van der Waals surface area contributed by atoms with E-state index < -0.39 is 45.7 Å². The number of carboxylic acids is 1. The summed E-state index contributed by atoms with van der Waals surface area (Å²) < 4.78 is 0. The number of amides is 1. The molecule has 11 nitrogen and oxygen atoms in total. The largest absolute Gasteiger partial charge is 0.480 e. The number of nitrogens with zero attached hydrogens (tertiary/aromatic N) is 2. The molecule has 0 radical (unpaired) electrons. The van der Waals surface area contributed by atoms with Gasteiger partial charge in [-0.15, -0.1) is 0 Å². The van der Waals surface area contributed by atoms with Crippen molar-refractivity contribution in [3.8, 4) is 0 Å². The average molecular weight is 312 g/mol. The highest BCUT2D eigenvalue weighted by molar-refractivity contribution is 5.86. The third-order valence-electron chi connectivity index (χ3n) is 2.58. The molecule has 0 spiro atoms. The van der Waals surface area contributed by atoms with Crippen LogP contribution in [0.25, 0.3) is 0 Å². The first kappa shape index (κ1) is 16.8. The Hall–Kier alpha value is -3.24. The molecule has 1 rings (SSSR count). The predicted molar refractivity (Wildman–Crippen MR) is 73.5 cm³/mol. The SMILES string of the molecule is C[C@H](NC(=O)CNc1ccc([N+](=O)[O-])cc1[N+](=O)[O-])C(=O)O. The van der Waals surface area contributed by atoms with Crippen LogP contribution >= 0.6 is 0 Å². The summed E-state index contributed by atoms with van der Waals surface area (Å²) in [5.74, 6) is -1.92. The minimum atomic E-state index is -1.23. The molecular weight excluding hydrogens is 300 g/mol. The maximum absolute atomic E-state index is 11.5. The van der Waals surface area contributed by atoms with Gasteiger partial charge in [0.2, 0.25) is 5.91 Å². The van der Waals surface area contributed by atoms with Gasteiger partial charge < -0.3 is 15.7 Å². The maximum atomic E-state index is 11.5. The van der Waals surface area contributed by atoms with Crippen LogP contribution in [0, 0.1) is 20.2 Å². The van der Waals surface area contributed by atoms with Crippen molar-refractivity contribution in [1.82, 2.24) is 5.32 Å². The number of benzene rings is 1. The first-order valence-electron chi connectivity index (χ1n) is 5.91. The zero-order valence-electron chi connectivity index (χ0n) is 11.3. The lowest BCUT2D eigenvalue weighted by Gasteiger charge is -2.10. The summed E-state index contributed by atoms with van der Waals surface area (Å²) in [5.41, 5.74) is -1.11. The van der Waals surface area contributed by atoms with Gasteiger partial charge >= 0.3 is 5.97 Å². The summed E-state index contributed by atoms with van der Waals surface area (Å²) in [6.45, 7) is 0.838. The Morgan fingerprint density at radius 3 is 2.41 bits per heavy atom. The van der Waals surface area contributed by atoms with Gasteiger partial charge in [0.15, 0.2) is 0 Å². The molecule has 1 atom stereocenters. The smallest absolute Gasteiger partial charge is 0.325 e. The fourth-order valence-corrected chi connectivity index (χ4v) is 1.46. The molecule has 0 unspecified atom stereocenters. The highest BCUT2D eigenvalue weighted by Gasteiger charge is 2.20. The molecule has 0 aliphatic carbocycles. The Balaban J connectivity index is 2.81. The van der Waals surface area contributed by atoms with E-state index >= 15 is 0 Å². The van der Waals surface area contributed by atoms with Crippen LogP contribution in [0.2, 0.25) is 0 Å². The highest BCUT2D eigenvalue weighted by Crippen LogP contribution is 2.28. The zero-order chi connectivity index (χ0) is 16.9. The molecule has 1 aromatic rings. The Morgan fingerprint density at radius 2 is 1.91 bits per heavy atom. The second-order valence-corrected chi connectivity index (χ2v) is 4.20. The number of non-ortho nitro benzene ring substituents is 1. The van der Waals surface area contributed by atoms with E-state index in [0.717, 1.165) is 18.2 Å². The Labute approximate surface area is 123 Å². The lowest BCUT2D eigenvalue weighted by Crippen LogP contribution is -2.41. The fourth-order valence-electron chi connectivity index (χ4n) is 1.46. The first-order valence-corrected chi connectivity index (χ1v) is 5.91. The molecule has 0 bridgehead atoms. The minimum Gasteiger partial charge on any atom is -0.480 e. The lowest BCUT2D eigenvalue weighted by molar-refractivity contribution is -0.393. The number of aliphatic carboxylic acids is 1. The van der Waals surface area contributed by atoms with Crippen LogP contribution in [0.4, 0.5) is 17.1 Å². The summed E-state index contributed by atoms with van der Waals surface area (Å²) in [6, 6.07) is 1.80. The lowest BCUT2D eigenvalue weighted by atomic mass is 10.2. The number of anilines is 1. The number of nitro benzene ring substituents is 2. The summed E-state index contributed by atoms with van der Waals surface area (Å²) in [5, 5.41) is 34.7. The second kappa shape index (κ2) is 6.97. The molecule has 0 heterocycles. The van der Waals surface area contributed by atoms with Gasteiger partial charge in [-0.2, -0.15) is 0 Å². The van der Waals surface area contributed by atoms with Gasteiger partial charge in [-0.1, -0.05) is 0 Å². The molecule has 1 aromatic carbocycles. The number of carbonyl (C=O) groups excluding carboxylic acids is 1. The molecule has 0 aromatic heterocycles. The van der Waals surface area contributed by atoms with Crippen LogP contribution in [-0.4, -0.2) is 39.4 Å². The van der Waals surface area contributed by atoms with E-state index in [9.17, 15) is 29.8 Å². The first-order chi connectivity index (χ1) is 10.2. The van der Waals surface area contributed by atoms with E-state index in [0.29, 0.717) is 0 Å². The van der Waals surface area contributed by atoms with Crippen molar-refractivity contribution in [2.45, 2.75) is 13.0 Å². The second-order valence-electron chi connectivity index (χ2n) is 4.20. The van der Waals surface area contributed by atoms with Crippen LogP contribution in [-0.2, 0) is 9.59 Å². The number of hydrogen-bond acceptors (Lipinski definition) is 7. The third kappa shape index (κ3) is 4.40. The van der Waals surface area contributed by atoms with Crippen LogP contribution in [0.3, 0.4) is 0 Å². The number of rotatable bonds is 7. The quantitative estimate of drug-likeness (QED) is 0.483. The van der Waals surface area contributed by atoms with E-state index in [-0.39, 0.29) is 5.69 Å².